The minimum Gasteiger partial charge on any atom is -0.292 e. The zero-order chi connectivity index (χ0) is 13.1. The van der Waals surface area contributed by atoms with Gasteiger partial charge in [-0.3, -0.25) is 9.78 Å². The maximum atomic E-state index is 13.4. The van der Waals surface area contributed by atoms with Crippen LogP contribution in [0.5, 0.6) is 0 Å². The number of nitrogens with zero attached hydrogens (tertiary/aromatic N) is 1. The first kappa shape index (κ1) is 13.0. The van der Waals surface area contributed by atoms with E-state index < -0.39 is 11.6 Å². The van der Waals surface area contributed by atoms with Crippen molar-refractivity contribution < 1.29 is 9.18 Å². The Kier molecular flexibility index (Phi) is 3.94. The van der Waals surface area contributed by atoms with Crippen molar-refractivity contribution in [2.75, 3.05) is 0 Å². The first-order valence-corrected chi connectivity index (χ1v) is 5.91. The molecule has 2 aromatic rings. The molecular weight excluding hydrogens is 276 g/mol. The minimum atomic E-state index is -0.638. The third-order valence-corrected chi connectivity index (χ3v) is 2.99. The molecule has 0 unspecified atom stereocenters. The number of hydrogen-bond acceptors (Lipinski definition) is 2. The van der Waals surface area contributed by atoms with Crippen molar-refractivity contribution in [2.45, 2.75) is 6.42 Å². The molecule has 0 atom stereocenters. The van der Waals surface area contributed by atoms with Gasteiger partial charge in [-0.05, 0) is 35.9 Å². The van der Waals surface area contributed by atoms with E-state index in [2.05, 4.69) is 4.98 Å². The number of hydrogen-bond donors (Lipinski definition) is 0. The summed E-state index contributed by atoms with van der Waals surface area (Å²) in [7, 11) is 0. The average Bonchev–Trinajstić information content (AvgIpc) is 2.34. The van der Waals surface area contributed by atoms with E-state index in [0.29, 0.717) is 15.6 Å². The van der Waals surface area contributed by atoms with Crippen LogP contribution in [0.15, 0.2) is 36.5 Å². The predicted molar refractivity (Wildman–Crippen MR) is 68.7 cm³/mol. The molecule has 1 aromatic carbocycles. The maximum absolute atomic E-state index is 13.4. The summed E-state index contributed by atoms with van der Waals surface area (Å²) < 4.78 is 13.4. The fourth-order valence-corrected chi connectivity index (χ4v) is 1.91. The second-order valence-electron chi connectivity index (χ2n) is 3.67. The van der Waals surface area contributed by atoms with Gasteiger partial charge in [-0.1, -0.05) is 23.2 Å². The van der Waals surface area contributed by atoms with Crippen LogP contribution in [-0.4, -0.2) is 10.8 Å². The molecule has 0 aliphatic carbocycles. The van der Waals surface area contributed by atoms with Gasteiger partial charge in [0.1, 0.15) is 5.69 Å². The number of halogens is 3. The normalized spacial score (nSPS) is 10.4. The van der Waals surface area contributed by atoms with Gasteiger partial charge in [0.2, 0.25) is 0 Å². The topological polar surface area (TPSA) is 30.0 Å². The summed E-state index contributed by atoms with van der Waals surface area (Å²) in [6.45, 7) is 0. The monoisotopic (exact) mass is 283 g/mol. The van der Waals surface area contributed by atoms with Crippen molar-refractivity contribution in [1.29, 1.82) is 0 Å². The Bertz CT molecular complexity index is 601. The number of pyridine rings is 1. The predicted octanol–water partition coefficient (Wildman–Crippen LogP) is 3.95. The van der Waals surface area contributed by atoms with Crippen molar-refractivity contribution >= 4 is 29.0 Å². The van der Waals surface area contributed by atoms with Crippen LogP contribution >= 0.6 is 23.2 Å². The van der Waals surface area contributed by atoms with E-state index in [4.69, 9.17) is 23.2 Å². The van der Waals surface area contributed by atoms with Crippen LogP contribution in [0.3, 0.4) is 0 Å². The highest BCUT2D eigenvalue weighted by Crippen LogP contribution is 2.22. The van der Waals surface area contributed by atoms with E-state index in [-0.39, 0.29) is 12.1 Å². The van der Waals surface area contributed by atoms with Gasteiger partial charge in [-0.15, -0.1) is 0 Å². The molecule has 0 bridgehead atoms. The number of carbonyl (C=O) groups is 1. The molecular formula is C13H8Cl2FNO. The Balaban J connectivity index is 2.27. The Hall–Kier alpha value is -1.45. The van der Waals surface area contributed by atoms with Crippen LogP contribution in [0.1, 0.15) is 16.1 Å². The first-order valence-electron chi connectivity index (χ1n) is 5.15. The highest BCUT2D eigenvalue weighted by Gasteiger charge is 2.15. The first-order chi connectivity index (χ1) is 8.58. The van der Waals surface area contributed by atoms with Crippen molar-refractivity contribution in [1.82, 2.24) is 4.98 Å². The lowest BCUT2D eigenvalue weighted by atomic mass is 10.1. The zero-order valence-corrected chi connectivity index (χ0v) is 10.7. The minimum absolute atomic E-state index is 0.0344. The molecule has 1 heterocycles. The lowest BCUT2D eigenvalue weighted by Crippen LogP contribution is -2.08. The molecule has 0 amide bonds. The van der Waals surface area contributed by atoms with E-state index in [1.165, 1.54) is 18.3 Å². The molecule has 18 heavy (non-hydrogen) atoms. The van der Waals surface area contributed by atoms with Gasteiger partial charge in [-0.2, -0.15) is 0 Å². The Labute approximate surface area is 113 Å². The third kappa shape index (κ3) is 2.86. The number of rotatable bonds is 3. The van der Waals surface area contributed by atoms with E-state index in [9.17, 15) is 9.18 Å². The van der Waals surface area contributed by atoms with Crippen LogP contribution in [0.4, 0.5) is 4.39 Å². The summed E-state index contributed by atoms with van der Waals surface area (Å²) in [6, 6.07) is 7.43. The van der Waals surface area contributed by atoms with Crippen molar-refractivity contribution in [3.05, 3.63) is 63.6 Å². The molecule has 2 rings (SSSR count). The molecule has 0 N–H and O–H groups in total. The third-order valence-electron chi connectivity index (χ3n) is 2.38. The van der Waals surface area contributed by atoms with Gasteiger partial charge in [0.25, 0.3) is 0 Å². The quantitative estimate of drug-likeness (QED) is 0.799. The molecule has 0 saturated heterocycles. The smallest absolute Gasteiger partial charge is 0.188 e. The molecule has 0 saturated carbocycles. The van der Waals surface area contributed by atoms with Crippen LogP contribution in [-0.2, 0) is 6.42 Å². The molecule has 0 aliphatic heterocycles. The summed E-state index contributed by atoms with van der Waals surface area (Å²) >= 11 is 11.8. The summed E-state index contributed by atoms with van der Waals surface area (Å²) in [6.07, 6.45) is 1.34. The fraction of sp³-hybridized carbons (Fsp3) is 0.0769. The number of aromatic nitrogens is 1. The van der Waals surface area contributed by atoms with Crippen molar-refractivity contribution in [3.63, 3.8) is 0 Å². The molecule has 1 aromatic heterocycles. The van der Waals surface area contributed by atoms with Crippen molar-refractivity contribution in [3.8, 4) is 0 Å². The second-order valence-corrected chi connectivity index (χ2v) is 4.51. The van der Waals surface area contributed by atoms with Gasteiger partial charge in [0, 0.05) is 22.7 Å². The molecule has 0 fully saturated rings. The molecule has 0 aliphatic rings. The highest BCUT2D eigenvalue weighted by molar-refractivity contribution is 6.33. The van der Waals surface area contributed by atoms with Gasteiger partial charge >= 0.3 is 0 Å². The summed E-state index contributed by atoms with van der Waals surface area (Å²) in [5, 5.41) is 0.896. The molecule has 5 heteroatoms. The Morgan fingerprint density at radius 1 is 1.28 bits per heavy atom. The summed E-state index contributed by atoms with van der Waals surface area (Å²) in [4.78, 5) is 15.6. The lowest BCUT2D eigenvalue weighted by Gasteiger charge is -2.04. The molecule has 0 spiro atoms. The van der Waals surface area contributed by atoms with Gasteiger partial charge in [0.15, 0.2) is 11.6 Å². The lowest BCUT2D eigenvalue weighted by molar-refractivity contribution is 0.0984. The Morgan fingerprint density at radius 2 is 2.06 bits per heavy atom. The largest absolute Gasteiger partial charge is 0.292 e. The fourth-order valence-electron chi connectivity index (χ4n) is 1.53. The average molecular weight is 284 g/mol. The Morgan fingerprint density at radius 3 is 2.78 bits per heavy atom. The highest BCUT2D eigenvalue weighted by atomic mass is 35.5. The molecule has 0 radical (unpaired) electrons. The maximum Gasteiger partial charge on any atom is 0.188 e. The molecule has 2 nitrogen and oxygen atoms in total. The van der Waals surface area contributed by atoms with E-state index >= 15 is 0 Å². The van der Waals surface area contributed by atoms with Gasteiger partial charge < -0.3 is 0 Å². The van der Waals surface area contributed by atoms with Crippen LogP contribution in [0.2, 0.25) is 10.0 Å². The summed E-state index contributed by atoms with van der Waals surface area (Å²) in [5.41, 5.74) is 0.368. The van der Waals surface area contributed by atoms with Gasteiger partial charge in [0.05, 0.1) is 0 Å². The number of Topliss-reactive ketones (excluding diaryl/α,β-unsaturated/α-hetero) is 1. The van der Waals surface area contributed by atoms with E-state index in [1.807, 2.05) is 0 Å². The SMILES string of the molecule is O=C(Cc1cc(Cl)ccc1Cl)c1ncccc1F. The van der Waals surface area contributed by atoms with Crippen molar-refractivity contribution in [2.24, 2.45) is 0 Å². The number of ketones is 1. The number of benzene rings is 1. The molecule has 92 valence electrons. The van der Waals surface area contributed by atoms with Crippen LogP contribution < -0.4 is 0 Å². The van der Waals surface area contributed by atoms with E-state index in [1.54, 1.807) is 18.2 Å². The number of carbonyl (C=O) groups excluding carboxylic acids is 1. The van der Waals surface area contributed by atoms with Crippen LogP contribution in [0, 0.1) is 5.82 Å². The second kappa shape index (κ2) is 5.46. The van der Waals surface area contributed by atoms with Crippen LogP contribution in [0.25, 0.3) is 0 Å². The van der Waals surface area contributed by atoms with Gasteiger partial charge in [-0.25, -0.2) is 4.39 Å². The standard InChI is InChI=1S/C13H8Cl2FNO/c14-9-3-4-10(15)8(6-9)7-12(18)13-11(16)2-1-5-17-13/h1-6H,7H2. The zero-order valence-electron chi connectivity index (χ0n) is 9.16. The van der Waals surface area contributed by atoms with E-state index in [0.717, 1.165) is 0 Å². The summed E-state index contributed by atoms with van der Waals surface area (Å²) in [5.74, 6) is -1.07.